The number of anilines is 1. The Labute approximate surface area is 106 Å². The van der Waals surface area contributed by atoms with Crippen molar-refractivity contribution in [2.75, 3.05) is 5.32 Å². The minimum absolute atomic E-state index is 0.379. The molecule has 0 atom stereocenters. The number of nitrogens with one attached hydrogen (secondary N) is 1. The molecule has 2 nitrogen and oxygen atoms in total. The highest BCUT2D eigenvalue weighted by Gasteiger charge is 2.39. The van der Waals surface area contributed by atoms with Crippen LogP contribution in [0.1, 0.15) is 0 Å². The molecule has 1 aromatic carbocycles. The first-order chi connectivity index (χ1) is 8.49. The molecule has 1 rings (SSSR count). The summed E-state index contributed by atoms with van der Waals surface area (Å²) >= 11 is -0.627. The van der Waals surface area contributed by atoms with Gasteiger partial charge in [-0.05, 0) is 30.0 Å². The Hall–Kier alpha value is -1.45. The number of hydrogen-bond donors (Lipinski definition) is 1. The van der Waals surface area contributed by atoms with Crippen molar-refractivity contribution >= 4 is 23.4 Å². The molecule has 0 aliphatic rings. The van der Waals surface area contributed by atoms with Crippen molar-refractivity contribution < 1.29 is 35.5 Å². The summed E-state index contributed by atoms with van der Waals surface area (Å²) in [5.74, 6) is -3.81. The zero-order valence-electron chi connectivity index (χ0n) is 8.69. The fourth-order valence-corrected chi connectivity index (χ4v) is 1.55. The molecule has 10 heteroatoms. The second kappa shape index (κ2) is 5.27. The number of amides is 1. The molecule has 0 saturated heterocycles. The van der Waals surface area contributed by atoms with Gasteiger partial charge in [-0.1, -0.05) is 0 Å². The van der Waals surface area contributed by atoms with Crippen LogP contribution >= 0.6 is 11.8 Å². The average molecular weight is 307 g/mol. The normalized spacial score (nSPS) is 12.4. The Kier molecular flexibility index (Phi) is 4.33. The number of carbonyl (C=O) groups is 1. The molecule has 0 fully saturated rings. The molecule has 19 heavy (non-hydrogen) atoms. The van der Waals surface area contributed by atoms with E-state index in [9.17, 15) is 35.5 Å². The standard InChI is InChI=1S/C9H4F7NOS/c10-5-3-4(19-9(14,15)16)1-2-6(5)17-7(18)8(11,12)13/h1-3H,(H,17,18). The van der Waals surface area contributed by atoms with E-state index < -0.39 is 45.8 Å². The smallest absolute Gasteiger partial charge is 0.316 e. The highest BCUT2D eigenvalue weighted by Crippen LogP contribution is 2.37. The highest BCUT2D eigenvalue weighted by atomic mass is 32.2. The lowest BCUT2D eigenvalue weighted by molar-refractivity contribution is -0.167. The fraction of sp³-hybridized carbons (Fsp3) is 0.222. The third kappa shape index (κ3) is 4.97. The SMILES string of the molecule is O=C(Nc1ccc(SC(F)(F)F)cc1F)C(F)(F)F. The van der Waals surface area contributed by atoms with Gasteiger partial charge in [-0.25, -0.2) is 4.39 Å². The number of benzene rings is 1. The lowest BCUT2D eigenvalue weighted by atomic mass is 10.3. The number of alkyl halides is 6. The van der Waals surface area contributed by atoms with Gasteiger partial charge in [0.2, 0.25) is 0 Å². The van der Waals surface area contributed by atoms with Crippen molar-refractivity contribution in [1.82, 2.24) is 0 Å². The molecule has 0 aliphatic carbocycles. The van der Waals surface area contributed by atoms with Gasteiger partial charge in [-0.2, -0.15) is 26.3 Å². The summed E-state index contributed by atoms with van der Waals surface area (Å²) in [6.45, 7) is 0. The maximum atomic E-state index is 13.2. The molecule has 1 amide bonds. The zero-order chi connectivity index (χ0) is 14.8. The van der Waals surface area contributed by atoms with Gasteiger partial charge in [0.05, 0.1) is 5.69 Å². The lowest BCUT2D eigenvalue weighted by Crippen LogP contribution is -2.30. The van der Waals surface area contributed by atoms with Crippen LogP contribution < -0.4 is 5.32 Å². The van der Waals surface area contributed by atoms with Crippen LogP contribution in [-0.2, 0) is 4.79 Å². The number of rotatable bonds is 2. The van der Waals surface area contributed by atoms with Crippen molar-refractivity contribution in [3.05, 3.63) is 24.0 Å². The molecule has 0 spiro atoms. The minimum atomic E-state index is -5.22. The topological polar surface area (TPSA) is 29.1 Å². The Morgan fingerprint density at radius 2 is 1.68 bits per heavy atom. The maximum absolute atomic E-state index is 13.2. The van der Waals surface area contributed by atoms with Gasteiger partial charge in [-0.3, -0.25) is 4.79 Å². The summed E-state index contributed by atoms with van der Waals surface area (Å²) in [4.78, 5) is 9.97. The molecular formula is C9H4F7NOS. The number of thioether (sulfide) groups is 1. The Balaban J connectivity index is 2.87. The summed E-state index contributed by atoms with van der Waals surface area (Å²) in [6.07, 6.45) is -5.22. The van der Waals surface area contributed by atoms with Crippen molar-refractivity contribution in [2.45, 2.75) is 16.6 Å². The van der Waals surface area contributed by atoms with Crippen LogP contribution in [0.3, 0.4) is 0 Å². The van der Waals surface area contributed by atoms with E-state index in [1.807, 2.05) is 0 Å². The van der Waals surface area contributed by atoms with E-state index in [1.54, 1.807) is 0 Å². The van der Waals surface area contributed by atoms with Crippen LogP contribution in [0, 0.1) is 5.82 Å². The summed E-state index contributed by atoms with van der Waals surface area (Å²) in [6, 6.07) is 1.74. The van der Waals surface area contributed by atoms with Crippen LogP contribution in [0.25, 0.3) is 0 Å². The van der Waals surface area contributed by atoms with Crippen LogP contribution in [0.4, 0.5) is 36.4 Å². The van der Waals surface area contributed by atoms with E-state index in [0.29, 0.717) is 12.1 Å². The predicted octanol–water partition coefficient (Wildman–Crippen LogP) is 3.94. The molecule has 1 N–H and O–H groups in total. The van der Waals surface area contributed by atoms with E-state index in [0.717, 1.165) is 6.07 Å². The van der Waals surface area contributed by atoms with Gasteiger partial charge in [0.1, 0.15) is 5.82 Å². The molecule has 0 aromatic heterocycles. The summed E-state index contributed by atoms with van der Waals surface area (Å²) in [5, 5.41) is 1.21. The van der Waals surface area contributed by atoms with Crippen LogP contribution in [0.15, 0.2) is 23.1 Å². The zero-order valence-corrected chi connectivity index (χ0v) is 9.51. The lowest BCUT2D eigenvalue weighted by Gasteiger charge is -2.10. The monoisotopic (exact) mass is 307 g/mol. The maximum Gasteiger partial charge on any atom is 0.471 e. The summed E-state index contributed by atoms with van der Waals surface area (Å²) in [7, 11) is 0. The largest absolute Gasteiger partial charge is 0.471 e. The number of halogens is 7. The van der Waals surface area contributed by atoms with Crippen LogP contribution in [0.2, 0.25) is 0 Å². The minimum Gasteiger partial charge on any atom is -0.316 e. The van der Waals surface area contributed by atoms with Gasteiger partial charge < -0.3 is 5.32 Å². The molecule has 0 unspecified atom stereocenters. The molecule has 0 saturated carbocycles. The first-order valence-electron chi connectivity index (χ1n) is 4.42. The fourth-order valence-electron chi connectivity index (χ4n) is 0.988. The van der Waals surface area contributed by atoms with Crippen molar-refractivity contribution in [3.63, 3.8) is 0 Å². The van der Waals surface area contributed by atoms with Crippen LogP contribution in [0.5, 0.6) is 0 Å². The summed E-state index contributed by atoms with van der Waals surface area (Å²) in [5.41, 5.74) is -5.50. The highest BCUT2D eigenvalue weighted by molar-refractivity contribution is 8.00. The second-order valence-corrected chi connectivity index (χ2v) is 4.28. The molecule has 0 bridgehead atoms. The van der Waals surface area contributed by atoms with E-state index in [-0.39, 0.29) is 0 Å². The Morgan fingerprint density at radius 1 is 1.11 bits per heavy atom. The predicted molar refractivity (Wildman–Crippen MR) is 53.0 cm³/mol. The number of carbonyl (C=O) groups excluding carboxylic acids is 1. The molecule has 0 heterocycles. The Bertz CT molecular complexity index is 482. The number of hydrogen-bond acceptors (Lipinski definition) is 2. The average Bonchev–Trinajstić information content (AvgIpc) is 2.18. The third-order valence-corrected chi connectivity index (χ3v) is 2.40. The van der Waals surface area contributed by atoms with Gasteiger partial charge in [-0.15, -0.1) is 0 Å². The van der Waals surface area contributed by atoms with Crippen molar-refractivity contribution in [3.8, 4) is 0 Å². The van der Waals surface area contributed by atoms with Crippen LogP contribution in [-0.4, -0.2) is 17.6 Å². The van der Waals surface area contributed by atoms with Gasteiger partial charge >= 0.3 is 17.6 Å². The van der Waals surface area contributed by atoms with E-state index >= 15 is 0 Å². The molecule has 106 valence electrons. The van der Waals surface area contributed by atoms with E-state index in [2.05, 4.69) is 0 Å². The van der Waals surface area contributed by atoms with E-state index in [1.165, 1.54) is 5.32 Å². The van der Waals surface area contributed by atoms with Gasteiger partial charge in [0, 0.05) is 4.90 Å². The molecule has 0 radical (unpaired) electrons. The quantitative estimate of drug-likeness (QED) is 0.662. The van der Waals surface area contributed by atoms with Gasteiger partial charge in [0.25, 0.3) is 0 Å². The van der Waals surface area contributed by atoms with Crippen molar-refractivity contribution in [1.29, 1.82) is 0 Å². The molecular weight excluding hydrogens is 303 g/mol. The van der Waals surface area contributed by atoms with Crippen molar-refractivity contribution in [2.24, 2.45) is 0 Å². The Morgan fingerprint density at radius 3 is 2.11 bits per heavy atom. The summed E-state index contributed by atoms with van der Waals surface area (Å²) < 4.78 is 84.7. The first-order valence-corrected chi connectivity index (χ1v) is 5.24. The van der Waals surface area contributed by atoms with E-state index in [4.69, 9.17) is 0 Å². The third-order valence-electron chi connectivity index (χ3n) is 1.68. The second-order valence-electron chi connectivity index (χ2n) is 3.14. The van der Waals surface area contributed by atoms with Gasteiger partial charge in [0.15, 0.2) is 0 Å². The molecule has 0 aliphatic heterocycles. The molecule has 1 aromatic rings. The first kappa shape index (κ1) is 15.6.